The summed E-state index contributed by atoms with van der Waals surface area (Å²) in [5.41, 5.74) is 2.01. The Balaban J connectivity index is 1.64. The van der Waals surface area contributed by atoms with Crippen molar-refractivity contribution in [3.05, 3.63) is 63.9 Å². The zero-order chi connectivity index (χ0) is 20.6. The van der Waals surface area contributed by atoms with Crippen LogP contribution in [0.3, 0.4) is 0 Å². The predicted molar refractivity (Wildman–Crippen MR) is 101 cm³/mol. The van der Waals surface area contributed by atoms with Crippen LogP contribution in [0.15, 0.2) is 36.4 Å². The van der Waals surface area contributed by atoms with Crippen LogP contribution in [0.1, 0.15) is 36.5 Å². The fourth-order valence-electron chi connectivity index (χ4n) is 4.07. The normalized spacial score (nSPS) is 28.5. The first-order chi connectivity index (χ1) is 13.9. The smallest absolute Gasteiger partial charge is 0.207 e. The van der Waals surface area contributed by atoms with E-state index >= 15 is 0 Å². The van der Waals surface area contributed by atoms with E-state index in [1.54, 1.807) is 18.2 Å². The van der Waals surface area contributed by atoms with Gasteiger partial charge in [0.05, 0.1) is 6.10 Å². The number of fused-ring (bicyclic) bond motifs is 2. The third kappa shape index (κ3) is 3.85. The van der Waals surface area contributed by atoms with Crippen molar-refractivity contribution in [1.82, 2.24) is 0 Å². The predicted octanol–water partition coefficient (Wildman–Crippen LogP) is 4.42. The third-order valence-corrected chi connectivity index (χ3v) is 5.66. The lowest BCUT2D eigenvalue weighted by molar-refractivity contribution is -0.311. The van der Waals surface area contributed by atoms with Gasteiger partial charge in [-0.1, -0.05) is 23.7 Å². The first-order valence-electron chi connectivity index (χ1n) is 9.41. The lowest BCUT2D eigenvalue weighted by Crippen LogP contribution is -2.47. The summed E-state index contributed by atoms with van der Waals surface area (Å²) in [6, 6.07) is 9.30. The van der Waals surface area contributed by atoms with Crippen LogP contribution in [-0.4, -0.2) is 30.2 Å². The molecule has 4 rings (SSSR count). The highest BCUT2D eigenvalue weighted by molar-refractivity contribution is 6.31. The molecule has 0 saturated carbocycles. The second-order valence-corrected chi connectivity index (χ2v) is 7.78. The maximum atomic E-state index is 13.8. The Hall–Kier alpha value is -1.77. The number of halogens is 3. The topological polar surface area (TPSA) is 57.2 Å². The van der Waals surface area contributed by atoms with Gasteiger partial charge in [-0.25, -0.2) is 4.39 Å². The summed E-state index contributed by atoms with van der Waals surface area (Å²) in [7, 11) is 0. The highest BCUT2D eigenvalue weighted by Gasteiger charge is 2.58. The monoisotopic (exact) mass is 426 g/mol. The second kappa shape index (κ2) is 7.81. The van der Waals surface area contributed by atoms with E-state index in [1.165, 1.54) is 12.1 Å². The molecule has 5 nitrogen and oxygen atoms in total. The van der Waals surface area contributed by atoms with Crippen molar-refractivity contribution in [2.45, 2.75) is 43.9 Å². The van der Waals surface area contributed by atoms with E-state index in [-0.39, 0.29) is 13.0 Å². The highest BCUT2D eigenvalue weighted by atomic mass is 35.5. The molecule has 2 saturated heterocycles. The van der Waals surface area contributed by atoms with Crippen LogP contribution in [0.2, 0.25) is 5.02 Å². The average Bonchev–Trinajstić information content (AvgIpc) is 2.96. The van der Waals surface area contributed by atoms with Crippen molar-refractivity contribution < 1.29 is 33.2 Å². The van der Waals surface area contributed by atoms with E-state index < -0.39 is 29.2 Å². The summed E-state index contributed by atoms with van der Waals surface area (Å²) in [5.74, 6) is -3.38. The Kier molecular flexibility index (Phi) is 5.52. The second-order valence-electron chi connectivity index (χ2n) is 7.37. The fourth-order valence-corrected chi connectivity index (χ4v) is 4.25. The Labute approximate surface area is 172 Å². The molecule has 2 aromatic carbocycles. The van der Waals surface area contributed by atoms with E-state index in [0.717, 1.165) is 0 Å². The van der Waals surface area contributed by atoms with E-state index in [9.17, 15) is 14.0 Å². The molecule has 2 heterocycles. The zero-order valence-electron chi connectivity index (χ0n) is 15.8. The molecule has 0 spiro atoms. The van der Waals surface area contributed by atoms with Crippen molar-refractivity contribution in [1.29, 1.82) is 0 Å². The lowest BCUT2D eigenvalue weighted by Gasteiger charge is -2.39. The molecule has 2 bridgehead atoms. The number of benzene rings is 2. The van der Waals surface area contributed by atoms with Crippen LogP contribution in [0.25, 0.3) is 0 Å². The molecule has 29 heavy (non-hydrogen) atoms. The Morgan fingerprint density at radius 3 is 2.79 bits per heavy atom. The molecule has 2 aliphatic heterocycles. The lowest BCUT2D eigenvalue weighted by atomic mass is 9.91. The van der Waals surface area contributed by atoms with Crippen molar-refractivity contribution >= 4 is 11.6 Å². The van der Waals surface area contributed by atoms with Crippen molar-refractivity contribution in [3.63, 3.8) is 0 Å². The van der Waals surface area contributed by atoms with Gasteiger partial charge >= 0.3 is 0 Å². The van der Waals surface area contributed by atoms with Gasteiger partial charge in [0.15, 0.2) is 11.6 Å². The Morgan fingerprint density at radius 1 is 1.24 bits per heavy atom. The number of aliphatic hydroxyl groups is 1. The van der Waals surface area contributed by atoms with Crippen LogP contribution in [0, 0.1) is 5.82 Å². The molecule has 2 fully saturated rings. The van der Waals surface area contributed by atoms with Crippen LogP contribution in [0.4, 0.5) is 8.92 Å². The average molecular weight is 427 g/mol. The van der Waals surface area contributed by atoms with Gasteiger partial charge in [0, 0.05) is 34.6 Å². The van der Waals surface area contributed by atoms with Gasteiger partial charge < -0.3 is 19.3 Å². The van der Waals surface area contributed by atoms with Crippen molar-refractivity contribution in [2.24, 2.45) is 0 Å². The van der Waals surface area contributed by atoms with E-state index in [0.29, 0.717) is 41.2 Å². The van der Waals surface area contributed by atoms with Gasteiger partial charge in [0.25, 0.3) is 0 Å². The van der Waals surface area contributed by atoms with Crippen LogP contribution < -0.4 is 4.94 Å². The maximum absolute atomic E-state index is 13.8. The van der Waals surface area contributed by atoms with Crippen molar-refractivity contribution in [2.75, 3.05) is 13.2 Å². The van der Waals surface area contributed by atoms with Crippen LogP contribution in [-0.2, 0) is 26.4 Å². The van der Waals surface area contributed by atoms with Gasteiger partial charge in [0.2, 0.25) is 11.5 Å². The maximum Gasteiger partial charge on any atom is 0.207 e. The SMILES string of the molecule is CCO[C@]12CO[C@](c3ccc(Cl)c(Cc4ccc(OF)c(F)c4)c3)(CC(O)C1)O2. The molecule has 8 heteroatoms. The minimum Gasteiger partial charge on any atom is -0.393 e. The summed E-state index contributed by atoms with van der Waals surface area (Å²) in [6.45, 7) is 2.51. The summed E-state index contributed by atoms with van der Waals surface area (Å²) in [6.07, 6.45) is 0.274. The molecular weight excluding hydrogens is 406 g/mol. The van der Waals surface area contributed by atoms with Gasteiger partial charge in [-0.3, -0.25) is 4.94 Å². The number of aliphatic hydroxyl groups excluding tert-OH is 1. The summed E-state index contributed by atoms with van der Waals surface area (Å²) < 4.78 is 44.0. The molecule has 2 aromatic rings. The quantitative estimate of drug-likeness (QED) is 0.741. The molecule has 3 atom stereocenters. The number of ether oxygens (including phenoxy) is 3. The zero-order valence-corrected chi connectivity index (χ0v) is 16.5. The van der Waals surface area contributed by atoms with E-state index in [1.807, 2.05) is 13.0 Å². The highest BCUT2D eigenvalue weighted by Crippen LogP contribution is 2.50. The molecule has 0 aliphatic carbocycles. The number of hydrogen-bond acceptors (Lipinski definition) is 5. The number of hydrogen-bond donors (Lipinski definition) is 1. The van der Waals surface area contributed by atoms with Gasteiger partial charge in [-0.2, -0.15) is 0 Å². The summed E-state index contributed by atoms with van der Waals surface area (Å²) in [5, 5.41) is 10.9. The molecule has 1 unspecified atom stereocenters. The van der Waals surface area contributed by atoms with E-state index in [4.69, 9.17) is 25.8 Å². The summed E-state index contributed by atoms with van der Waals surface area (Å²) in [4.78, 5) is 3.47. The first kappa shape index (κ1) is 20.5. The Bertz CT molecular complexity index is 911. The molecule has 2 aliphatic rings. The standard InChI is InChI=1S/C21H21ClF2O5/c1-2-26-20-10-16(25)11-21(29-20,27-12-20)15-4-5-17(22)14(9-15)7-13-3-6-19(28-24)18(23)8-13/h3-6,8-9,16,25H,2,7,10-12H2,1H3/t16?,20-,21-/m1/s1. The molecule has 0 amide bonds. The molecule has 0 radical (unpaired) electrons. The molecule has 156 valence electrons. The van der Waals surface area contributed by atoms with Crippen molar-refractivity contribution in [3.8, 4) is 5.75 Å². The first-order valence-corrected chi connectivity index (χ1v) is 9.78. The molecule has 1 N–H and O–H groups in total. The van der Waals surface area contributed by atoms with Gasteiger partial charge in [-0.05, 0) is 48.7 Å². The molecular formula is C21H21ClF2O5. The fraction of sp³-hybridized carbons (Fsp3) is 0.429. The number of rotatable bonds is 6. The minimum absolute atomic E-state index is 0.214. The van der Waals surface area contributed by atoms with Crippen LogP contribution >= 0.6 is 11.6 Å². The van der Waals surface area contributed by atoms with Gasteiger partial charge in [0.1, 0.15) is 6.61 Å². The summed E-state index contributed by atoms with van der Waals surface area (Å²) >= 11 is 6.35. The largest absolute Gasteiger partial charge is 0.393 e. The third-order valence-electron chi connectivity index (χ3n) is 5.29. The minimum atomic E-state index is -1.14. The van der Waals surface area contributed by atoms with E-state index in [2.05, 4.69) is 4.94 Å². The Morgan fingerprint density at radius 2 is 2.07 bits per heavy atom. The van der Waals surface area contributed by atoms with Gasteiger partial charge in [-0.15, -0.1) is 0 Å². The van der Waals surface area contributed by atoms with Crippen LogP contribution in [0.5, 0.6) is 5.75 Å². The molecule has 0 aromatic heterocycles.